The van der Waals surface area contributed by atoms with E-state index in [1.165, 1.54) is 38.5 Å². The van der Waals surface area contributed by atoms with Crippen molar-refractivity contribution in [3.63, 3.8) is 0 Å². The van der Waals surface area contributed by atoms with Crippen molar-refractivity contribution in [1.29, 1.82) is 0 Å². The monoisotopic (exact) mass is 358 g/mol. The molecular weight excluding hydrogens is 344 g/mol. The summed E-state index contributed by atoms with van der Waals surface area (Å²) in [6, 6.07) is 7.79. The van der Waals surface area contributed by atoms with Crippen molar-refractivity contribution in [1.82, 2.24) is 0 Å². The van der Waals surface area contributed by atoms with Gasteiger partial charge in [-0.15, -0.1) is 0 Å². The maximum absolute atomic E-state index is 12.3. The number of carbonyl (C=O) groups excluding carboxylic acids is 1. The van der Waals surface area contributed by atoms with E-state index in [4.69, 9.17) is 9.47 Å². The van der Waals surface area contributed by atoms with Crippen molar-refractivity contribution < 1.29 is 24.1 Å². The minimum atomic E-state index is -0.744. The van der Waals surface area contributed by atoms with E-state index in [1.807, 2.05) is 0 Å². The Hall–Kier alpha value is -3.75. The number of benzene rings is 2. The van der Waals surface area contributed by atoms with E-state index in [2.05, 4.69) is 0 Å². The molecule has 2 aromatic carbocycles. The Morgan fingerprint density at radius 3 is 2.08 bits per heavy atom. The Labute approximate surface area is 147 Å². The number of ketones is 1. The van der Waals surface area contributed by atoms with Crippen LogP contribution in [0.25, 0.3) is 6.08 Å². The van der Waals surface area contributed by atoms with Crippen LogP contribution in [0.1, 0.15) is 15.9 Å². The van der Waals surface area contributed by atoms with Crippen LogP contribution in [0.5, 0.6) is 11.5 Å². The summed E-state index contributed by atoms with van der Waals surface area (Å²) >= 11 is 0. The zero-order valence-electron chi connectivity index (χ0n) is 13.9. The minimum absolute atomic E-state index is 0.0730. The Morgan fingerprint density at radius 2 is 1.58 bits per heavy atom. The number of methoxy groups -OCH3 is 2. The molecule has 0 unspecified atom stereocenters. The summed E-state index contributed by atoms with van der Waals surface area (Å²) in [5.41, 5.74) is -0.532. The molecule has 2 rings (SSSR count). The highest BCUT2D eigenvalue weighted by Crippen LogP contribution is 2.27. The first-order valence-electron chi connectivity index (χ1n) is 7.24. The van der Waals surface area contributed by atoms with Gasteiger partial charge in [0.05, 0.1) is 35.7 Å². The fraction of sp³-hybridized carbons (Fsp3) is 0.118. The lowest BCUT2D eigenvalue weighted by atomic mass is 10.1. The molecule has 0 bridgehead atoms. The van der Waals surface area contributed by atoms with E-state index in [-0.39, 0.29) is 11.1 Å². The molecule has 0 spiro atoms. The molecule has 2 aromatic rings. The number of nitrogens with zero attached hydrogens (tertiary/aromatic N) is 2. The topological polar surface area (TPSA) is 122 Å². The summed E-state index contributed by atoms with van der Waals surface area (Å²) < 4.78 is 10.2. The van der Waals surface area contributed by atoms with E-state index >= 15 is 0 Å². The lowest BCUT2D eigenvalue weighted by molar-refractivity contribution is -0.394. The number of hydrogen-bond acceptors (Lipinski definition) is 7. The summed E-state index contributed by atoms with van der Waals surface area (Å²) in [7, 11) is 2.89. The lowest BCUT2D eigenvalue weighted by Crippen LogP contribution is -1.98. The van der Waals surface area contributed by atoms with Gasteiger partial charge in [0, 0.05) is 17.7 Å². The Balaban J connectivity index is 2.36. The van der Waals surface area contributed by atoms with Crippen LogP contribution < -0.4 is 9.47 Å². The molecule has 0 aliphatic rings. The first-order chi connectivity index (χ1) is 12.3. The Bertz CT molecular complexity index is 884. The predicted octanol–water partition coefficient (Wildman–Crippen LogP) is 3.42. The second-order valence-electron chi connectivity index (χ2n) is 5.06. The summed E-state index contributed by atoms with van der Waals surface area (Å²) in [6.07, 6.45) is 2.37. The van der Waals surface area contributed by atoms with Gasteiger partial charge in [0.1, 0.15) is 11.5 Å². The van der Waals surface area contributed by atoms with Gasteiger partial charge in [-0.1, -0.05) is 0 Å². The minimum Gasteiger partial charge on any atom is -0.497 e. The normalized spacial score (nSPS) is 10.5. The number of carbonyl (C=O) groups is 1. The van der Waals surface area contributed by atoms with Crippen molar-refractivity contribution in [3.8, 4) is 11.5 Å². The molecule has 0 aliphatic carbocycles. The smallest absolute Gasteiger partial charge is 0.283 e. The van der Waals surface area contributed by atoms with Gasteiger partial charge in [0.25, 0.3) is 11.4 Å². The SMILES string of the molecule is COc1cc(OC)cc(C(=O)C=Cc2ccc([N+](=O)[O-])cc2[N+](=O)[O-])c1. The van der Waals surface area contributed by atoms with E-state index in [0.717, 1.165) is 18.2 Å². The molecule has 134 valence electrons. The van der Waals surface area contributed by atoms with Crippen LogP contribution in [-0.4, -0.2) is 29.8 Å². The van der Waals surface area contributed by atoms with Gasteiger partial charge in [0.15, 0.2) is 5.78 Å². The van der Waals surface area contributed by atoms with Crippen LogP contribution in [0.2, 0.25) is 0 Å². The van der Waals surface area contributed by atoms with E-state index < -0.39 is 27.0 Å². The molecule has 0 fully saturated rings. The highest BCUT2D eigenvalue weighted by atomic mass is 16.6. The van der Waals surface area contributed by atoms with Crippen LogP contribution in [-0.2, 0) is 0 Å². The molecule has 0 aliphatic heterocycles. The molecule has 0 heterocycles. The molecule has 26 heavy (non-hydrogen) atoms. The number of nitro benzene ring substituents is 2. The fourth-order valence-electron chi connectivity index (χ4n) is 2.16. The first-order valence-corrected chi connectivity index (χ1v) is 7.24. The molecule has 9 heteroatoms. The molecule has 0 atom stereocenters. The van der Waals surface area contributed by atoms with Crippen LogP contribution in [0, 0.1) is 20.2 Å². The van der Waals surface area contributed by atoms with Crippen molar-refractivity contribution >= 4 is 23.2 Å². The van der Waals surface area contributed by atoms with Crippen molar-refractivity contribution in [2.24, 2.45) is 0 Å². The number of ether oxygens (including phenoxy) is 2. The number of non-ortho nitro benzene ring substituents is 1. The van der Waals surface area contributed by atoms with Gasteiger partial charge in [-0.25, -0.2) is 0 Å². The van der Waals surface area contributed by atoms with E-state index in [9.17, 15) is 25.0 Å². The number of nitro groups is 2. The average Bonchev–Trinajstić information content (AvgIpc) is 2.65. The third kappa shape index (κ3) is 4.20. The molecule has 9 nitrogen and oxygen atoms in total. The third-order valence-electron chi connectivity index (χ3n) is 3.47. The van der Waals surface area contributed by atoms with Gasteiger partial charge < -0.3 is 9.47 Å². The highest BCUT2D eigenvalue weighted by Gasteiger charge is 2.18. The van der Waals surface area contributed by atoms with Gasteiger partial charge in [-0.2, -0.15) is 0 Å². The van der Waals surface area contributed by atoms with E-state index in [0.29, 0.717) is 11.5 Å². The number of allylic oxidation sites excluding steroid dienone is 1. The van der Waals surface area contributed by atoms with E-state index in [1.54, 1.807) is 6.07 Å². The lowest BCUT2D eigenvalue weighted by Gasteiger charge is -2.06. The highest BCUT2D eigenvalue weighted by molar-refractivity contribution is 6.07. The molecular formula is C17H14N2O7. The number of hydrogen-bond donors (Lipinski definition) is 0. The Kier molecular flexibility index (Phi) is 5.63. The maximum Gasteiger partial charge on any atom is 0.283 e. The molecule has 0 saturated carbocycles. The van der Waals surface area contributed by atoms with Gasteiger partial charge in [-0.05, 0) is 30.4 Å². The second-order valence-corrected chi connectivity index (χ2v) is 5.06. The molecule has 0 amide bonds. The van der Waals surface area contributed by atoms with Crippen molar-refractivity contribution in [2.75, 3.05) is 14.2 Å². The zero-order valence-corrected chi connectivity index (χ0v) is 13.9. The molecule has 0 saturated heterocycles. The quantitative estimate of drug-likeness (QED) is 0.322. The van der Waals surface area contributed by atoms with Crippen molar-refractivity contribution in [2.45, 2.75) is 0 Å². The third-order valence-corrected chi connectivity index (χ3v) is 3.47. The molecule has 0 N–H and O–H groups in total. The van der Waals surface area contributed by atoms with Crippen molar-refractivity contribution in [3.05, 3.63) is 73.8 Å². The molecule has 0 radical (unpaired) electrons. The summed E-state index contributed by atoms with van der Waals surface area (Å²) in [5.74, 6) is 0.402. The van der Waals surface area contributed by atoms with Crippen LogP contribution in [0.4, 0.5) is 11.4 Å². The summed E-state index contributed by atoms with van der Waals surface area (Å²) in [6.45, 7) is 0. The average molecular weight is 358 g/mol. The standard InChI is InChI=1S/C17H14N2O7/c1-25-14-7-12(8-15(10-14)26-2)17(20)6-4-11-3-5-13(18(21)22)9-16(11)19(23)24/h3-10H,1-2H3. The zero-order chi connectivity index (χ0) is 19.3. The molecule has 0 aromatic heterocycles. The fourth-order valence-corrected chi connectivity index (χ4v) is 2.16. The maximum atomic E-state index is 12.3. The van der Waals surface area contributed by atoms with Gasteiger partial charge >= 0.3 is 0 Å². The van der Waals surface area contributed by atoms with Crippen LogP contribution in [0.3, 0.4) is 0 Å². The first kappa shape index (κ1) is 18.6. The van der Waals surface area contributed by atoms with Gasteiger partial charge in [-0.3, -0.25) is 25.0 Å². The summed E-state index contributed by atoms with van der Waals surface area (Å²) in [5, 5.41) is 21.9. The summed E-state index contributed by atoms with van der Waals surface area (Å²) in [4.78, 5) is 32.7. The Morgan fingerprint density at radius 1 is 0.962 bits per heavy atom. The van der Waals surface area contributed by atoms with Crippen LogP contribution in [0.15, 0.2) is 42.5 Å². The predicted molar refractivity (Wildman–Crippen MR) is 92.7 cm³/mol. The number of rotatable bonds is 7. The second kappa shape index (κ2) is 7.88. The van der Waals surface area contributed by atoms with Crippen LogP contribution >= 0.6 is 0 Å². The largest absolute Gasteiger partial charge is 0.497 e. The van der Waals surface area contributed by atoms with Gasteiger partial charge in [0.2, 0.25) is 0 Å².